The zero-order valence-electron chi connectivity index (χ0n) is 18.3. The second-order valence-electron chi connectivity index (χ2n) is 9.61. The molecule has 0 bridgehead atoms. The van der Waals surface area contributed by atoms with Gasteiger partial charge in [-0.05, 0) is 43.7 Å². The van der Waals surface area contributed by atoms with Gasteiger partial charge in [-0.15, -0.1) is 0 Å². The van der Waals surface area contributed by atoms with E-state index in [9.17, 15) is 9.59 Å². The van der Waals surface area contributed by atoms with Crippen molar-refractivity contribution in [2.24, 2.45) is 11.8 Å². The number of amides is 2. The minimum atomic E-state index is -0.0804. The third-order valence-corrected chi connectivity index (χ3v) is 7.66. The Labute approximate surface area is 184 Å². The molecule has 5 rings (SSSR count). The lowest BCUT2D eigenvalue weighted by Gasteiger charge is -2.26. The number of carbonyl (C=O) groups excluding carboxylic acids is 2. The minimum Gasteiger partial charge on any atom is -0.376 e. The van der Waals surface area contributed by atoms with E-state index >= 15 is 0 Å². The van der Waals surface area contributed by atoms with Crippen LogP contribution in [0.5, 0.6) is 0 Å². The summed E-state index contributed by atoms with van der Waals surface area (Å²) < 4.78 is 6.22. The number of fused-ring (bicyclic) bond motifs is 1. The summed E-state index contributed by atoms with van der Waals surface area (Å²) in [5.74, 6) is 0.968. The van der Waals surface area contributed by atoms with Crippen LogP contribution in [-0.4, -0.2) is 83.0 Å². The fourth-order valence-corrected chi connectivity index (χ4v) is 6.08. The van der Waals surface area contributed by atoms with Crippen LogP contribution in [-0.2, 0) is 20.9 Å². The molecule has 1 aromatic rings. The van der Waals surface area contributed by atoms with Gasteiger partial charge in [-0.2, -0.15) is 0 Å². The molecule has 0 unspecified atom stereocenters. The third-order valence-electron chi connectivity index (χ3n) is 7.66. The van der Waals surface area contributed by atoms with Crippen LogP contribution >= 0.6 is 0 Å². The van der Waals surface area contributed by atoms with Gasteiger partial charge in [0, 0.05) is 63.8 Å². The highest BCUT2D eigenvalue weighted by atomic mass is 16.5. The molecule has 4 atom stereocenters. The van der Waals surface area contributed by atoms with Gasteiger partial charge in [0.15, 0.2) is 0 Å². The van der Waals surface area contributed by atoms with Gasteiger partial charge in [0.25, 0.3) is 0 Å². The summed E-state index contributed by atoms with van der Waals surface area (Å²) >= 11 is 0. The molecule has 2 amide bonds. The SMILES string of the molecule is O=C(C[C@@H]1CN(Cc2ccccn2)[C@@H]2CO[C@@H](CC(=O)N3CCCC3)[C@H]12)N1CCCC1. The lowest BCUT2D eigenvalue weighted by Crippen LogP contribution is -2.37. The fourth-order valence-electron chi connectivity index (χ4n) is 6.08. The first-order chi connectivity index (χ1) is 15.2. The number of carbonyl (C=O) groups is 2. The second kappa shape index (κ2) is 9.25. The van der Waals surface area contributed by atoms with Gasteiger partial charge < -0.3 is 14.5 Å². The maximum Gasteiger partial charge on any atom is 0.225 e. The van der Waals surface area contributed by atoms with Crippen molar-refractivity contribution in [1.29, 1.82) is 0 Å². The van der Waals surface area contributed by atoms with E-state index in [2.05, 4.69) is 16.0 Å². The molecule has 4 aliphatic heterocycles. The Morgan fingerprint density at radius 2 is 1.65 bits per heavy atom. The Bertz CT molecular complexity index is 776. The van der Waals surface area contributed by atoms with Crippen LogP contribution in [0.25, 0.3) is 0 Å². The van der Waals surface area contributed by atoms with E-state index in [0.29, 0.717) is 19.4 Å². The third kappa shape index (κ3) is 4.48. The average molecular weight is 427 g/mol. The molecule has 4 aliphatic rings. The van der Waals surface area contributed by atoms with Crippen molar-refractivity contribution < 1.29 is 14.3 Å². The maximum atomic E-state index is 13.0. The Balaban J connectivity index is 1.30. The molecule has 0 radical (unpaired) electrons. The van der Waals surface area contributed by atoms with Crippen molar-refractivity contribution in [3.8, 4) is 0 Å². The summed E-state index contributed by atoms with van der Waals surface area (Å²) in [5.41, 5.74) is 1.05. The fraction of sp³-hybridized carbons (Fsp3) is 0.708. The number of aromatic nitrogens is 1. The van der Waals surface area contributed by atoms with Crippen LogP contribution in [0.4, 0.5) is 0 Å². The van der Waals surface area contributed by atoms with Crippen LogP contribution in [0.1, 0.15) is 44.2 Å². The van der Waals surface area contributed by atoms with E-state index in [-0.39, 0.29) is 35.8 Å². The van der Waals surface area contributed by atoms with Gasteiger partial charge >= 0.3 is 0 Å². The predicted octanol–water partition coefficient (Wildman–Crippen LogP) is 1.92. The molecule has 4 fully saturated rings. The van der Waals surface area contributed by atoms with Crippen molar-refractivity contribution in [3.63, 3.8) is 0 Å². The molecule has 31 heavy (non-hydrogen) atoms. The van der Waals surface area contributed by atoms with Crippen molar-refractivity contribution in [2.75, 3.05) is 39.3 Å². The van der Waals surface area contributed by atoms with Crippen LogP contribution in [0.3, 0.4) is 0 Å². The van der Waals surface area contributed by atoms with Crippen LogP contribution in [0, 0.1) is 11.8 Å². The number of rotatable bonds is 6. The minimum absolute atomic E-state index is 0.0804. The average Bonchev–Trinajstić information content (AvgIpc) is 3.57. The zero-order valence-corrected chi connectivity index (χ0v) is 18.3. The summed E-state index contributed by atoms with van der Waals surface area (Å²) in [6.45, 7) is 5.83. The molecule has 168 valence electrons. The van der Waals surface area contributed by atoms with E-state index in [1.807, 2.05) is 28.1 Å². The Morgan fingerprint density at radius 1 is 0.968 bits per heavy atom. The first-order valence-electron chi connectivity index (χ1n) is 12.0. The summed E-state index contributed by atoms with van der Waals surface area (Å²) in [7, 11) is 0. The number of pyridine rings is 1. The van der Waals surface area contributed by atoms with Gasteiger partial charge in [-0.1, -0.05) is 6.07 Å². The van der Waals surface area contributed by atoms with Crippen molar-refractivity contribution in [2.45, 2.75) is 57.2 Å². The monoisotopic (exact) mass is 426 g/mol. The lowest BCUT2D eigenvalue weighted by atomic mass is 9.84. The van der Waals surface area contributed by atoms with Gasteiger partial charge in [-0.25, -0.2) is 0 Å². The molecule has 7 nitrogen and oxygen atoms in total. The zero-order chi connectivity index (χ0) is 21.2. The molecule has 5 heterocycles. The molecule has 0 N–H and O–H groups in total. The Kier molecular flexibility index (Phi) is 6.23. The first kappa shape index (κ1) is 20.9. The molecule has 0 aromatic carbocycles. The van der Waals surface area contributed by atoms with Crippen LogP contribution in [0.15, 0.2) is 24.4 Å². The van der Waals surface area contributed by atoms with Gasteiger partial charge in [0.2, 0.25) is 11.8 Å². The number of hydrogen-bond acceptors (Lipinski definition) is 5. The van der Waals surface area contributed by atoms with E-state index < -0.39 is 0 Å². The number of hydrogen-bond donors (Lipinski definition) is 0. The van der Waals surface area contributed by atoms with E-state index in [1.165, 1.54) is 0 Å². The maximum absolute atomic E-state index is 13.0. The molecule has 7 heteroatoms. The number of nitrogens with zero attached hydrogens (tertiary/aromatic N) is 4. The van der Waals surface area contributed by atoms with Crippen molar-refractivity contribution >= 4 is 11.8 Å². The quantitative estimate of drug-likeness (QED) is 0.695. The summed E-state index contributed by atoms with van der Waals surface area (Å²) in [5, 5.41) is 0. The molecule has 0 saturated carbocycles. The Hall–Kier alpha value is -1.99. The lowest BCUT2D eigenvalue weighted by molar-refractivity contribution is -0.133. The molecule has 0 spiro atoms. The summed E-state index contributed by atoms with van der Waals surface area (Å²) in [6.07, 6.45) is 7.21. The highest BCUT2D eigenvalue weighted by Gasteiger charge is 2.51. The second-order valence-corrected chi connectivity index (χ2v) is 9.61. The topological polar surface area (TPSA) is 66.0 Å². The van der Waals surface area contributed by atoms with Crippen LogP contribution in [0.2, 0.25) is 0 Å². The molecule has 4 saturated heterocycles. The van der Waals surface area contributed by atoms with Crippen molar-refractivity contribution in [1.82, 2.24) is 19.7 Å². The van der Waals surface area contributed by atoms with E-state index in [0.717, 1.165) is 70.6 Å². The summed E-state index contributed by atoms with van der Waals surface area (Å²) in [6, 6.07) is 6.27. The standard InChI is InChI=1S/C24H34N4O3/c29-22(26-9-3-4-10-26)13-18-15-28(16-19-7-1-2-8-25-19)20-17-31-21(24(18)20)14-23(30)27-11-5-6-12-27/h1-2,7-8,18,20-21,24H,3-6,9-17H2/t18-,20-,21+,24-/m1/s1. The highest BCUT2D eigenvalue weighted by Crippen LogP contribution is 2.42. The van der Waals surface area contributed by atoms with Gasteiger partial charge in [0.05, 0.1) is 24.8 Å². The van der Waals surface area contributed by atoms with Gasteiger partial charge in [-0.3, -0.25) is 19.5 Å². The predicted molar refractivity (Wildman–Crippen MR) is 116 cm³/mol. The number of ether oxygens (including phenoxy) is 1. The van der Waals surface area contributed by atoms with Crippen molar-refractivity contribution in [3.05, 3.63) is 30.1 Å². The highest BCUT2D eigenvalue weighted by molar-refractivity contribution is 5.78. The smallest absolute Gasteiger partial charge is 0.225 e. The van der Waals surface area contributed by atoms with Gasteiger partial charge in [0.1, 0.15) is 0 Å². The van der Waals surface area contributed by atoms with Crippen LogP contribution < -0.4 is 0 Å². The molecular formula is C24H34N4O3. The molecular weight excluding hydrogens is 392 g/mol. The largest absolute Gasteiger partial charge is 0.376 e. The summed E-state index contributed by atoms with van der Waals surface area (Å²) in [4.78, 5) is 36.8. The Morgan fingerprint density at radius 3 is 2.29 bits per heavy atom. The number of likely N-dealkylation sites (tertiary alicyclic amines) is 3. The van der Waals surface area contributed by atoms with E-state index in [4.69, 9.17) is 4.74 Å². The first-order valence-corrected chi connectivity index (χ1v) is 12.0. The molecule has 0 aliphatic carbocycles. The molecule has 1 aromatic heterocycles. The van der Waals surface area contributed by atoms with E-state index in [1.54, 1.807) is 0 Å². The normalized spacial score (nSPS) is 30.8.